The van der Waals surface area contributed by atoms with Gasteiger partial charge in [0.05, 0.1) is 25.2 Å². The molecule has 0 aromatic heterocycles. The number of sulfonamides is 1. The van der Waals surface area contributed by atoms with Gasteiger partial charge in [-0.3, -0.25) is 9.59 Å². The summed E-state index contributed by atoms with van der Waals surface area (Å²) >= 11 is 0. The molecule has 21 heavy (non-hydrogen) atoms. The molecule has 1 amide bonds. The van der Waals surface area contributed by atoms with E-state index in [4.69, 9.17) is 5.73 Å². The van der Waals surface area contributed by atoms with Crippen molar-refractivity contribution < 1.29 is 22.7 Å². The fraction of sp³-hybridized carbons (Fsp3) is 0.833. The van der Waals surface area contributed by atoms with E-state index in [2.05, 4.69) is 10.1 Å². The molecule has 0 aromatic rings. The molecule has 3 N–H and O–H groups in total. The molecular formula is C12H23N3O5S. The number of amides is 1. The first kappa shape index (κ1) is 17.9. The Hall–Kier alpha value is -1.19. The van der Waals surface area contributed by atoms with E-state index < -0.39 is 16.0 Å². The second-order valence-electron chi connectivity index (χ2n) is 4.92. The lowest BCUT2D eigenvalue weighted by Crippen LogP contribution is -2.46. The standard InChI is InChI=1S/C12H23N3O5S/c1-20-11(16)4-8-21(18,19)15-7-2-3-10(9-15)12(17)14-6-5-13/h10H,2-9,13H2,1H3,(H,14,17). The highest BCUT2D eigenvalue weighted by Gasteiger charge is 2.32. The van der Waals surface area contributed by atoms with Crippen molar-refractivity contribution in [3.05, 3.63) is 0 Å². The summed E-state index contributed by atoms with van der Waals surface area (Å²) in [6, 6.07) is 0. The number of nitrogens with zero attached hydrogens (tertiary/aromatic N) is 1. The van der Waals surface area contributed by atoms with Crippen LogP contribution in [0.1, 0.15) is 19.3 Å². The van der Waals surface area contributed by atoms with Crippen molar-refractivity contribution in [1.29, 1.82) is 0 Å². The van der Waals surface area contributed by atoms with Crippen LogP contribution in [-0.4, -0.2) is 63.6 Å². The molecule has 0 aromatic carbocycles. The van der Waals surface area contributed by atoms with Gasteiger partial charge in [0, 0.05) is 26.2 Å². The van der Waals surface area contributed by atoms with E-state index in [-0.39, 0.29) is 30.5 Å². The minimum Gasteiger partial charge on any atom is -0.469 e. The second kappa shape index (κ2) is 8.30. The van der Waals surface area contributed by atoms with Crippen LogP contribution in [0.2, 0.25) is 0 Å². The molecule has 1 unspecified atom stereocenters. The number of esters is 1. The van der Waals surface area contributed by atoms with Crippen LogP contribution in [0.15, 0.2) is 0 Å². The number of methoxy groups -OCH3 is 1. The van der Waals surface area contributed by atoms with Gasteiger partial charge in [-0.15, -0.1) is 0 Å². The molecule has 1 heterocycles. The topological polar surface area (TPSA) is 119 Å². The van der Waals surface area contributed by atoms with Crippen molar-refractivity contribution >= 4 is 21.9 Å². The highest BCUT2D eigenvalue weighted by atomic mass is 32.2. The van der Waals surface area contributed by atoms with Crippen LogP contribution in [0.3, 0.4) is 0 Å². The third-order valence-electron chi connectivity index (χ3n) is 3.38. The Kier molecular flexibility index (Phi) is 7.06. The van der Waals surface area contributed by atoms with E-state index in [1.54, 1.807) is 0 Å². The van der Waals surface area contributed by atoms with Crippen molar-refractivity contribution in [1.82, 2.24) is 9.62 Å². The molecule has 1 aliphatic heterocycles. The van der Waals surface area contributed by atoms with Crippen molar-refractivity contribution in [3.8, 4) is 0 Å². The van der Waals surface area contributed by atoms with Crippen LogP contribution in [0.25, 0.3) is 0 Å². The van der Waals surface area contributed by atoms with Crippen LogP contribution in [0, 0.1) is 5.92 Å². The lowest BCUT2D eigenvalue weighted by atomic mass is 9.99. The maximum atomic E-state index is 12.2. The maximum Gasteiger partial charge on any atom is 0.306 e. The summed E-state index contributed by atoms with van der Waals surface area (Å²) in [7, 11) is -2.33. The van der Waals surface area contributed by atoms with Gasteiger partial charge in [0.25, 0.3) is 0 Å². The summed E-state index contributed by atoms with van der Waals surface area (Å²) in [5.41, 5.74) is 5.32. The number of nitrogens with two attached hydrogens (primary N) is 1. The van der Waals surface area contributed by atoms with E-state index in [9.17, 15) is 18.0 Å². The summed E-state index contributed by atoms with van der Waals surface area (Å²) in [6.45, 7) is 1.26. The van der Waals surface area contributed by atoms with Gasteiger partial charge in [0.2, 0.25) is 15.9 Å². The SMILES string of the molecule is COC(=O)CCS(=O)(=O)N1CCCC(C(=O)NCCN)C1. The quantitative estimate of drug-likeness (QED) is 0.561. The van der Waals surface area contributed by atoms with Gasteiger partial charge in [-0.2, -0.15) is 0 Å². The van der Waals surface area contributed by atoms with Gasteiger partial charge in [-0.25, -0.2) is 12.7 Å². The number of carbonyl (C=O) groups is 2. The van der Waals surface area contributed by atoms with E-state index >= 15 is 0 Å². The van der Waals surface area contributed by atoms with Gasteiger partial charge >= 0.3 is 5.97 Å². The first-order valence-electron chi connectivity index (χ1n) is 6.93. The Morgan fingerprint density at radius 2 is 2.14 bits per heavy atom. The van der Waals surface area contributed by atoms with Crippen LogP contribution < -0.4 is 11.1 Å². The fourth-order valence-electron chi connectivity index (χ4n) is 2.19. The Balaban J connectivity index is 2.58. The minimum atomic E-state index is -3.55. The molecule has 0 bridgehead atoms. The number of carbonyl (C=O) groups excluding carboxylic acids is 2. The highest BCUT2D eigenvalue weighted by molar-refractivity contribution is 7.89. The lowest BCUT2D eigenvalue weighted by molar-refractivity contribution is -0.140. The van der Waals surface area contributed by atoms with Gasteiger partial charge in [-0.1, -0.05) is 0 Å². The molecule has 9 heteroatoms. The second-order valence-corrected chi connectivity index (χ2v) is 7.01. The monoisotopic (exact) mass is 321 g/mol. The Labute approximate surface area is 125 Å². The summed E-state index contributed by atoms with van der Waals surface area (Å²) in [5.74, 6) is -1.39. The van der Waals surface area contributed by atoms with E-state index in [0.29, 0.717) is 32.5 Å². The van der Waals surface area contributed by atoms with Crippen molar-refractivity contribution in [2.24, 2.45) is 11.7 Å². The van der Waals surface area contributed by atoms with Gasteiger partial charge < -0.3 is 15.8 Å². The fourth-order valence-corrected chi connectivity index (χ4v) is 3.69. The molecule has 0 aliphatic carbocycles. The van der Waals surface area contributed by atoms with Crippen LogP contribution >= 0.6 is 0 Å². The summed E-state index contributed by atoms with van der Waals surface area (Å²) in [5, 5.41) is 2.67. The number of piperidine rings is 1. The number of rotatable bonds is 7. The van der Waals surface area contributed by atoms with Crippen molar-refractivity contribution in [3.63, 3.8) is 0 Å². The van der Waals surface area contributed by atoms with Gasteiger partial charge in [0.15, 0.2) is 0 Å². The molecule has 1 saturated heterocycles. The third kappa shape index (κ3) is 5.60. The number of ether oxygens (including phenoxy) is 1. The number of hydrogen-bond donors (Lipinski definition) is 2. The van der Waals surface area contributed by atoms with Crippen LogP contribution in [-0.2, 0) is 24.3 Å². The number of nitrogens with one attached hydrogen (secondary N) is 1. The third-order valence-corrected chi connectivity index (χ3v) is 5.22. The predicted octanol–water partition coefficient (Wildman–Crippen LogP) is -1.33. The first-order valence-corrected chi connectivity index (χ1v) is 8.54. The van der Waals surface area contributed by atoms with Crippen molar-refractivity contribution in [2.45, 2.75) is 19.3 Å². The van der Waals surface area contributed by atoms with Crippen LogP contribution in [0.4, 0.5) is 0 Å². The lowest BCUT2D eigenvalue weighted by Gasteiger charge is -2.31. The summed E-state index contributed by atoms with van der Waals surface area (Å²) < 4.78 is 30.0. The van der Waals surface area contributed by atoms with Gasteiger partial charge in [-0.05, 0) is 12.8 Å². The largest absolute Gasteiger partial charge is 0.469 e. The minimum absolute atomic E-state index is 0.153. The van der Waals surface area contributed by atoms with E-state index in [0.717, 1.165) is 0 Å². The maximum absolute atomic E-state index is 12.2. The molecule has 8 nitrogen and oxygen atoms in total. The zero-order chi connectivity index (χ0) is 15.9. The summed E-state index contributed by atoms with van der Waals surface area (Å²) in [6.07, 6.45) is 1.09. The Morgan fingerprint density at radius 3 is 2.76 bits per heavy atom. The molecule has 1 atom stereocenters. The van der Waals surface area contributed by atoms with Crippen molar-refractivity contribution in [2.75, 3.05) is 39.0 Å². The molecule has 1 aliphatic rings. The molecular weight excluding hydrogens is 298 g/mol. The molecule has 1 fully saturated rings. The molecule has 0 spiro atoms. The Bertz CT molecular complexity index is 466. The number of hydrogen-bond acceptors (Lipinski definition) is 6. The average molecular weight is 321 g/mol. The van der Waals surface area contributed by atoms with Crippen LogP contribution in [0.5, 0.6) is 0 Å². The van der Waals surface area contributed by atoms with E-state index in [1.807, 2.05) is 0 Å². The molecule has 122 valence electrons. The zero-order valence-electron chi connectivity index (χ0n) is 12.2. The predicted molar refractivity (Wildman–Crippen MR) is 76.8 cm³/mol. The molecule has 1 rings (SSSR count). The molecule has 0 radical (unpaired) electrons. The zero-order valence-corrected chi connectivity index (χ0v) is 13.0. The normalized spacial score (nSPS) is 20.0. The Morgan fingerprint density at radius 1 is 1.43 bits per heavy atom. The molecule has 0 saturated carbocycles. The average Bonchev–Trinajstić information content (AvgIpc) is 2.50. The first-order chi connectivity index (χ1) is 9.90. The van der Waals surface area contributed by atoms with Gasteiger partial charge in [0.1, 0.15) is 0 Å². The van der Waals surface area contributed by atoms with E-state index in [1.165, 1.54) is 11.4 Å². The smallest absolute Gasteiger partial charge is 0.306 e. The highest BCUT2D eigenvalue weighted by Crippen LogP contribution is 2.20. The summed E-state index contributed by atoms with van der Waals surface area (Å²) in [4.78, 5) is 22.9.